The first-order valence-electron chi connectivity index (χ1n) is 5.73. The van der Waals surface area contributed by atoms with Gasteiger partial charge in [0.25, 0.3) is 5.91 Å². The molecule has 0 bridgehead atoms. The Morgan fingerprint density at radius 2 is 2.11 bits per heavy atom. The van der Waals surface area contributed by atoms with E-state index in [4.69, 9.17) is 15.2 Å². The van der Waals surface area contributed by atoms with Gasteiger partial charge >= 0.3 is 0 Å². The summed E-state index contributed by atoms with van der Waals surface area (Å²) in [5.41, 5.74) is 12.9. The molecule has 1 aliphatic heterocycles. The molecule has 98 valence electrons. The first-order valence-corrected chi connectivity index (χ1v) is 5.73. The first-order chi connectivity index (χ1) is 8.61. The zero-order valence-corrected chi connectivity index (χ0v) is 10.4. The van der Waals surface area contributed by atoms with E-state index in [2.05, 4.69) is 10.9 Å². The molecule has 1 atom stereocenters. The standard InChI is InChI=1S/C12H17N3O3/c1-7-3-10-11(18-6-17-10)5-8(7)4-9(13)12(16)15-14-2/h3,5,9,14H,4,6,13H2,1-2H3,(H,15,16). The van der Waals surface area contributed by atoms with E-state index in [9.17, 15) is 4.79 Å². The number of carbonyl (C=O) groups is 1. The van der Waals surface area contributed by atoms with Gasteiger partial charge in [-0.15, -0.1) is 0 Å². The zero-order chi connectivity index (χ0) is 13.1. The number of nitrogens with two attached hydrogens (primary N) is 1. The Labute approximate surface area is 105 Å². The van der Waals surface area contributed by atoms with Crippen LogP contribution in [-0.2, 0) is 11.2 Å². The van der Waals surface area contributed by atoms with Gasteiger partial charge in [-0.3, -0.25) is 10.2 Å². The largest absolute Gasteiger partial charge is 0.454 e. The molecule has 0 saturated carbocycles. The molecule has 1 aliphatic rings. The summed E-state index contributed by atoms with van der Waals surface area (Å²) < 4.78 is 10.6. The van der Waals surface area contributed by atoms with Gasteiger partial charge in [0.15, 0.2) is 11.5 Å². The second-order valence-corrected chi connectivity index (χ2v) is 4.18. The first kappa shape index (κ1) is 12.7. The number of rotatable bonds is 4. The molecule has 1 heterocycles. The fourth-order valence-corrected chi connectivity index (χ4v) is 1.85. The predicted molar refractivity (Wildman–Crippen MR) is 66.2 cm³/mol. The average molecular weight is 251 g/mol. The van der Waals surface area contributed by atoms with Crippen LogP contribution in [0, 0.1) is 6.92 Å². The van der Waals surface area contributed by atoms with Crippen molar-refractivity contribution in [2.75, 3.05) is 13.8 Å². The van der Waals surface area contributed by atoms with E-state index in [-0.39, 0.29) is 12.7 Å². The molecule has 18 heavy (non-hydrogen) atoms. The number of aryl methyl sites for hydroxylation is 1. The third-order valence-corrected chi connectivity index (χ3v) is 2.86. The molecule has 0 aromatic heterocycles. The Morgan fingerprint density at radius 1 is 1.44 bits per heavy atom. The van der Waals surface area contributed by atoms with Crippen LogP contribution in [0.2, 0.25) is 0 Å². The van der Waals surface area contributed by atoms with E-state index in [0.29, 0.717) is 12.2 Å². The third kappa shape index (κ3) is 2.55. The summed E-state index contributed by atoms with van der Waals surface area (Å²) in [6.07, 6.45) is 0.454. The van der Waals surface area contributed by atoms with E-state index in [1.54, 1.807) is 7.05 Å². The van der Waals surface area contributed by atoms with Crippen molar-refractivity contribution in [1.29, 1.82) is 0 Å². The van der Waals surface area contributed by atoms with E-state index in [0.717, 1.165) is 16.9 Å². The van der Waals surface area contributed by atoms with Gasteiger partial charge in [0.1, 0.15) is 0 Å². The topological polar surface area (TPSA) is 85.6 Å². The number of hydrazine groups is 1. The number of ether oxygens (including phenoxy) is 2. The highest BCUT2D eigenvalue weighted by molar-refractivity contribution is 5.81. The summed E-state index contributed by atoms with van der Waals surface area (Å²) in [6.45, 7) is 2.20. The molecule has 1 amide bonds. The van der Waals surface area contributed by atoms with Crippen LogP contribution < -0.4 is 26.1 Å². The molecule has 1 aromatic carbocycles. The van der Waals surface area contributed by atoms with Crippen LogP contribution in [0.3, 0.4) is 0 Å². The zero-order valence-electron chi connectivity index (χ0n) is 10.4. The van der Waals surface area contributed by atoms with Gasteiger partial charge < -0.3 is 15.2 Å². The molecule has 0 fully saturated rings. The van der Waals surface area contributed by atoms with Crippen molar-refractivity contribution in [3.63, 3.8) is 0 Å². The number of carbonyl (C=O) groups excluding carboxylic acids is 1. The van der Waals surface area contributed by atoms with Crippen molar-refractivity contribution in [2.45, 2.75) is 19.4 Å². The number of nitrogens with one attached hydrogen (secondary N) is 2. The van der Waals surface area contributed by atoms with E-state index < -0.39 is 6.04 Å². The molecule has 6 heteroatoms. The van der Waals surface area contributed by atoms with Crippen molar-refractivity contribution >= 4 is 5.91 Å². The predicted octanol–water partition coefficient (Wildman–Crippen LogP) is -0.156. The Kier molecular flexibility index (Phi) is 3.69. The number of hydrogen-bond donors (Lipinski definition) is 3. The van der Waals surface area contributed by atoms with Gasteiger partial charge in [0.05, 0.1) is 6.04 Å². The third-order valence-electron chi connectivity index (χ3n) is 2.86. The lowest BCUT2D eigenvalue weighted by atomic mass is 10.0. The molecule has 0 saturated heterocycles. The van der Waals surface area contributed by atoms with Crippen LogP contribution in [0.5, 0.6) is 11.5 Å². The lowest BCUT2D eigenvalue weighted by Gasteiger charge is -2.13. The van der Waals surface area contributed by atoms with Gasteiger partial charge in [0, 0.05) is 7.05 Å². The summed E-state index contributed by atoms with van der Waals surface area (Å²) in [6, 6.07) is 3.18. The number of benzene rings is 1. The summed E-state index contributed by atoms with van der Waals surface area (Å²) in [5.74, 6) is 1.20. The molecule has 0 spiro atoms. The highest BCUT2D eigenvalue weighted by atomic mass is 16.7. The SMILES string of the molecule is CNNC(=O)C(N)Cc1cc2c(cc1C)OCO2. The van der Waals surface area contributed by atoms with Gasteiger partial charge in [-0.2, -0.15) is 0 Å². The fraction of sp³-hybridized carbons (Fsp3) is 0.417. The molecule has 2 rings (SSSR count). The van der Waals surface area contributed by atoms with Crippen LogP contribution in [0.15, 0.2) is 12.1 Å². The van der Waals surface area contributed by atoms with Gasteiger partial charge in [-0.1, -0.05) is 0 Å². The minimum Gasteiger partial charge on any atom is -0.454 e. The van der Waals surface area contributed by atoms with Gasteiger partial charge in [-0.05, 0) is 36.6 Å². The summed E-state index contributed by atoms with van der Waals surface area (Å²) >= 11 is 0. The molecule has 6 nitrogen and oxygen atoms in total. The van der Waals surface area contributed by atoms with Crippen LogP contribution in [-0.4, -0.2) is 25.8 Å². The minimum atomic E-state index is -0.600. The molecule has 4 N–H and O–H groups in total. The van der Waals surface area contributed by atoms with E-state index >= 15 is 0 Å². The fourth-order valence-electron chi connectivity index (χ4n) is 1.85. The summed E-state index contributed by atoms with van der Waals surface area (Å²) in [5, 5.41) is 0. The maximum absolute atomic E-state index is 11.5. The van der Waals surface area contributed by atoms with Crippen molar-refractivity contribution < 1.29 is 14.3 Å². The van der Waals surface area contributed by atoms with Crippen LogP contribution in [0.4, 0.5) is 0 Å². The summed E-state index contributed by atoms with van der Waals surface area (Å²) in [7, 11) is 1.62. The quantitative estimate of drug-likeness (QED) is 0.648. The molecular formula is C12H17N3O3. The molecule has 1 aromatic rings. The highest BCUT2D eigenvalue weighted by Gasteiger charge is 2.19. The maximum Gasteiger partial charge on any atom is 0.251 e. The van der Waals surface area contributed by atoms with E-state index in [1.807, 2.05) is 19.1 Å². The average Bonchev–Trinajstić information content (AvgIpc) is 2.76. The second-order valence-electron chi connectivity index (χ2n) is 4.18. The normalized spacial score (nSPS) is 14.4. The monoisotopic (exact) mass is 251 g/mol. The Bertz CT molecular complexity index is 462. The van der Waals surface area contributed by atoms with Gasteiger partial charge in [0.2, 0.25) is 6.79 Å². The summed E-state index contributed by atoms with van der Waals surface area (Å²) in [4.78, 5) is 11.5. The lowest BCUT2D eigenvalue weighted by Crippen LogP contribution is -2.46. The maximum atomic E-state index is 11.5. The lowest BCUT2D eigenvalue weighted by molar-refractivity contribution is -0.123. The van der Waals surface area contributed by atoms with Gasteiger partial charge in [-0.25, -0.2) is 5.43 Å². The van der Waals surface area contributed by atoms with E-state index in [1.165, 1.54) is 0 Å². The van der Waals surface area contributed by atoms with Crippen molar-refractivity contribution in [3.05, 3.63) is 23.3 Å². The second kappa shape index (κ2) is 5.24. The molecule has 0 aliphatic carbocycles. The Balaban J connectivity index is 2.12. The number of hydrogen-bond acceptors (Lipinski definition) is 5. The van der Waals surface area contributed by atoms with Crippen LogP contribution >= 0.6 is 0 Å². The van der Waals surface area contributed by atoms with Crippen LogP contribution in [0.1, 0.15) is 11.1 Å². The van der Waals surface area contributed by atoms with Crippen molar-refractivity contribution in [1.82, 2.24) is 10.9 Å². The Hall–Kier alpha value is -1.79. The molecule has 0 radical (unpaired) electrons. The molecular weight excluding hydrogens is 234 g/mol. The Morgan fingerprint density at radius 3 is 2.78 bits per heavy atom. The highest BCUT2D eigenvalue weighted by Crippen LogP contribution is 2.34. The van der Waals surface area contributed by atoms with Crippen molar-refractivity contribution in [3.8, 4) is 11.5 Å². The van der Waals surface area contributed by atoms with Crippen molar-refractivity contribution in [2.24, 2.45) is 5.73 Å². The minimum absolute atomic E-state index is 0.241. The van der Waals surface area contributed by atoms with Crippen LogP contribution in [0.25, 0.3) is 0 Å². The molecule has 1 unspecified atom stereocenters. The number of fused-ring (bicyclic) bond motifs is 1. The number of amides is 1. The smallest absolute Gasteiger partial charge is 0.251 e.